The number of anilines is 1. The van der Waals surface area contributed by atoms with Crippen molar-refractivity contribution >= 4 is 23.9 Å². The van der Waals surface area contributed by atoms with Crippen LogP contribution in [0.4, 0.5) is 5.69 Å². The van der Waals surface area contributed by atoms with Crippen LogP contribution in [0.25, 0.3) is 0 Å². The lowest BCUT2D eigenvalue weighted by Gasteiger charge is -2.59. The minimum atomic E-state index is -0.655. The van der Waals surface area contributed by atoms with Gasteiger partial charge >= 0.3 is 0 Å². The van der Waals surface area contributed by atoms with E-state index >= 15 is 0 Å². The van der Waals surface area contributed by atoms with Crippen LogP contribution in [0.3, 0.4) is 0 Å². The minimum absolute atomic E-state index is 0.0427. The van der Waals surface area contributed by atoms with Gasteiger partial charge in [0.2, 0.25) is 5.91 Å². The van der Waals surface area contributed by atoms with Gasteiger partial charge < -0.3 is 20.3 Å². The van der Waals surface area contributed by atoms with E-state index in [1.54, 1.807) is 6.08 Å². The van der Waals surface area contributed by atoms with E-state index in [9.17, 15) is 24.6 Å². The van der Waals surface area contributed by atoms with E-state index in [2.05, 4.69) is 22.7 Å². The Morgan fingerprint density at radius 2 is 2.16 bits per heavy atom. The number of fused-ring (bicyclic) bond motifs is 2. The van der Waals surface area contributed by atoms with Gasteiger partial charge in [-0.15, -0.1) is 0 Å². The van der Waals surface area contributed by atoms with Crippen LogP contribution in [0.2, 0.25) is 0 Å². The molecule has 3 N–H and O–H groups in total. The van der Waals surface area contributed by atoms with Gasteiger partial charge in [-0.05, 0) is 67.6 Å². The van der Waals surface area contributed by atoms with E-state index in [0.717, 1.165) is 25.7 Å². The SMILES string of the molecule is C=C1C[C@@]23C=CC(=O)[C@@](C)(CCC(=O)Nc4c(O)ccc(OC=O)c4O)C2C[C@@H]1CC3. The highest BCUT2D eigenvalue weighted by Crippen LogP contribution is 2.64. The number of ketones is 1. The summed E-state index contributed by atoms with van der Waals surface area (Å²) in [6.45, 7) is 6.34. The number of carbonyl (C=O) groups excluding carboxylic acids is 3. The molecule has 3 saturated carbocycles. The lowest BCUT2D eigenvalue weighted by atomic mass is 9.44. The highest BCUT2D eigenvalue weighted by Gasteiger charge is 2.58. The Bertz CT molecular complexity index is 998. The summed E-state index contributed by atoms with van der Waals surface area (Å²) in [5.74, 6) is -0.866. The first-order valence-electron chi connectivity index (χ1n) is 10.6. The first-order chi connectivity index (χ1) is 14.7. The molecule has 1 unspecified atom stereocenters. The number of hydrogen-bond acceptors (Lipinski definition) is 6. The second-order valence-electron chi connectivity index (χ2n) is 9.28. The molecular formula is C24H27NO6. The van der Waals surface area contributed by atoms with Gasteiger partial charge in [0.25, 0.3) is 6.47 Å². The number of rotatable bonds is 6. The molecule has 1 spiro atoms. The Morgan fingerprint density at radius 1 is 1.39 bits per heavy atom. The summed E-state index contributed by atoms with van der Waals surface area (Å²) < 4.78 is 4.64. The van der Waals surface area contributed by atoms with Gasteiger partial charge in [-0.1, -0.05) is 25.2 Å². The number of benzene rings is 1. The third kappa shape index (κ3) is 3.42. The fraction of sp³-hybridized carbons (Fsp3) is 0.458. The highest BCUT2D eigenvalue weighted by atomic mass is 16.5. The van der Waals surface area contributed by atoms with Crippen molar-refractivity contribution in [2.45, 2.75) is 45.4 Å². The van der Waals surface area contributed by atoms with E-state index in [1.807, 2.05) is 6.92 Å². The molecule has 4 aliphatic carbocycles. The largest absolute Gasteiger partial charge is 0.506 e. The van der Waals surface area contributed by atoms with Crippen LogP contribution in [0, 0.1) is 22.7 Å². The molecule has 1 aromatic rings. The number of amides is 1. The van der Waals surface area contributed by atoms with Crippen molar-refractivity contribution < 1.29 is 29.3 Å². The molecule has 0 saturated heterocycles. The lowest BCUT2D eigenvalue weighted by molar-refractivity contribution is -0.136. The molecular weight excluding hydrogens is 398 g/mol. The summed E-state index contributed by atoms with van der Waals surface area (Å²) >= 11 is 0. The van der Waals surface area contributed by atoms with Crippen LogP contribution >= 0.6 is 0 Å². The molecule has 1 amide bonds. The van der Waals surface area contributed by atoms with Crippen LogP contribution < -0.4 is 10.1 Å². The average Bonchev–Trinajstić information content (AvgIpc) is 2.75. The normalized spacial score (nSPS) is 31.3. The zero-order valence-electron chi connectivity index (χ0n) is 17.5. The quantitative estimate of drug-likeness (QED) is 0.362. The van der Waals surface area contributed by atoms with Crippen LogP contribution in [-0.4, -0.2) is 28.4 Å². The van der Waals surface area contributed by atoms with Gasteiger partial charge in [-0.2, -0.15) is 0 Å². The van der Waals surface area contributed by atoms with Gasteiger partial charge in [0.15, 0.2) is 17.3 Å². The van der Waals surface area contributed by atoms with Gasteiger partial charge in [0.1, 0.15) is 11.4 Å². The van der Waals surface area contributed by atoms with E-state index < -0.39 is 17.1 Å². The summed E-state index contributed by atoms with van der Waals surface area (Å²) in [5.41, 5.74) is 0.332. The molecule has 0 heterocycles. The second kappa shape index (κ2) is 7.55. The van der Waals surface area contributed by atoms with E-state index in [1.165, 1.54) is 17.7 Å². The molecule has 0 aliphatic heterocycles. The Hall–Kier alpha value is -3.09. The van der Waals surface area contributed by atoms with Crippen molar-refractivity contribution in [1.82, 2.24) is 0 Å². The number of aromatic hydroxyl groups is 2. The van der Waals surface area contributed by atoms with Crippen molar-refractivity contribution in [3.05, 3.63) is 36.4 Å². The zero-order chi connectivity index (χ0) is 22.4. The molecule has 164 valence electrons. The third-order valence-corrected chi connectivity index (χ3v) is 7.63. The maximum Gasteiger partial charge on any atom is 0.298 e. The molecule has 1 aromatic carbocycles. The number of hydrogen-bond donors (Lipinski definition) is 3. The van der Waals surface area contributed by atoms with Gasteiger partial charge in [0.05, 0.1) is 0 Å². The predicted molar refractivity (Wildman–Crippen MR) is 114 cm³/mol. The number of allylic oxidation sites excluding steroid dienone is 3. The van der Waals surface area contributed by atoms with Crippen molar-refractivity contribution in [2.75, 3.05) is 5.32 Å². The minimum Gasteiger partial charge on any atom is -0.506 e. The van der Waals surface area contributed by atoms with Gasteiger partial charge in [-0.25, -0.2) is 0 Å². The summed E-state index contributed by atoms with van der Waals surface area (Å²) in [6, 6.07) is 2.43. The van der Waals surface area contributed by atoms with Crippen molar-refractivity contribution in [1.29, 1.82) is 0 Å². The number of phenolic OH excluding ortho intramolecular Hbond substituents is 2. The molecule has 2 bridgehead atoms. The van der Waals surface area contributed by atoms with Crippen LogP contribution in [0.1, 0.15) is 45.4 Å². The number of ether oxygens (including phenoxy) is 1. The van der Waals surface area contributed by atoms with Crippen LogP contribution in [0.5, 0.6) is 17.2 Å². The fourth-order valence-electron chi connectivity index (χ4n) is 5.86. The number of carbonyl (C=O) groups is 3. The Labute approximate surface area is 180 Å². The molecule has 7 heteroatoms. The molecule has 4 aliphatic rings. The Kier molecular flexibility index (Phi) is 5.15. The first-order valence-corrected chi connectivity index (χ1v) is 10.6. The zero-order valence-corrected chi connectivity index (χ0v) is 17.5. The van der Waals surface area contributed by atoms with E-state index in [-0.39, 0.29) is 47.2 Å². The smallest absolute Gasteiger partial charge is 0.298 e. The molecule has 3 fully saturated rings. The van der Waals surface area contributed by atoms with Gasteiger partial charge in [-0.3, -0.25) is 14.4 Å². The summed E-state index contributed by atoms with van der Waals surface area (Å²) in [6.07, 6.45) is 8.13. The molecule has 31 heavy (non-hydrogen) atoms. The van der Waals surface area contributed by atoms with E-state index in [0.29, 0.717) is 12.3 Å². The molecule has 0 radical (unpaired) electrons. The summed E-state index contributed by atoms with van der Waals surface area (Å²) in [7, 11) is 0. The summed E-state index contributed by atoms with van der Waals surface area (Å²) in [4.78, 5) is 36.2. The highest BCUT2D eigenvalue weighted by molar-refractivity contribution is 5.98. The first kappa shape index (κ1) is 21.2. The maximum absolute atomic E-state index is 13.0. The standard InChI is InChI=1S/C24H27NO6/c1-14-12-24-9-5-15(14)11-18(24)23(2,19(28)6-10-24)8-7-20(29)25-21-16(27)3-4-17(22(21)30)31-13-26/h3-4,6,10,13,15,18,27,30H,1,5,7-9,11-12H2,2H3,(H,25,29)/t15-,18?,23-,24+/m0/s1. The van der Waals surface area contributed by atoms with Crippen molar-refractivity contribution in [3.8, 4) is 17.2 Å². The topological polar surface area (TPSA) is 113 Å². The fourth-order valence-corrected chi connectivity index (χ4v) is 5.86. The average molecular weight is 425 g/mol. The Morgan fingerprint density at radius 3 is 2.87 bits per heavy atom. The van der Waals surface area contributed by atoms with E-state index in [4.69, 9.17) is 0 Å². The third-order valence-electron chi connectivity index (χ3n) is 7.63. The van der Waals surface area contributed by atoms with Crippen molar-refractivity contribution in [3.63, 3.8) is 0 Å². The Balaban J connectivity index is 1.50. The molecule has 5 rings (SSSR count). The van der Waals surface area contributed by atoms with Crippen LogP contribution in [0.15, 0.2) is 36.4 Å². The number of nitrogens with one attached hydrogen (secondary N) is 1. The number of phenols is 2. The lowest BCUT2D eigenvalue weighted by Crippen LogP contribution is -2.54. The predicted octanol–water partition coefficient (Wildman–Crippen LogP) is 3.86. The second-order valence-corrected chi connectivity index (χ2v) is 9.28. The maximum atomic E-state index is 13.0. The molecule has 7 nitrogen and oxygen atoms in total. The monoisotopic (exact) mass is 425 g/mol. The molecule has 0 aromatic heterocycles. The molecule has 4 atom stereocenters. The summed E-state index contributed by atoms with van der Waals surface area (Å²) in [5, 5.41) is 22.7. The van der Waals surface area contributed by atoms with Crippen molar-refractivity contribution in [2.24, 2.45) is 22.7 Å². The van der Waals surface area contributed by atoms with Crippen LogP contribution in [-0.2, 0) is 14.4 Å². The van der Waals surface area contributed by atoms with Gasteiger partial charge in [0, 0.05) is 11.8 Å².